The molecule has 0 radical (unpaired) electrons. The van der Waals surface area contributed by atoms with Gasteiger partial charge in [-0.05, 0) is 36.4 Å². The van der Waals surface area contributed by atoms with Crippen LogP contribution in [0, 0.1) is 5.82 Å². The molecule has 0 atom stereocenters. The summed E-state index contributed by atoms with van der Waals surface area (Å²) in [6.45, 7) is 0. The first-order chi connectivity index (χ1) is 8.20. The molecular formula is C13H8ClFO2. The largest absolute Gasteiger partial charge is 0.454 e. The summed E-state index contributed by atoms with van der Waals surface area (Å²) in [5, 5.41) is 0.00649. The van der Waals surface area contributed by atoms with E-state index in [9.17, 15) is 9.18 Å². The number of aldehydes is 1. The first-order valence-electron chi connectivity index (χ1n) is 4.88. The van der Waals surface area contributed by atoms with E-state index in [1.807, 2.05) is 0 Å². The van der Waals surface area contributed by atoms with Gasteiger partial charge in [-0.2, -0.15) is 0 Å². The summed E-state index contributed by atoms with van der Waals surface area (Å²) in [4.78, 5) is 10.5. The highest BCUT2D eigenvalue weighted by molar-refractivity contribution is 6.30. The molecule has 0 aliphatic heterocycles. The van der Waals surface area contributed by atoms with Gasteiger partial charge in [-0.25, -0.2) is 4.39 Å². The van der Waals surface area contributed by atoms with Gasteiger partial charge in [-0.1, -0.05) is 17.7 Å². The van der Waals surface area contributed by atoms with Crippen LogP contribution >= 0.6 is 11.6 Å². The lowest BCUT2D eigenvalue weighted by molar-refractivity contribution is 0.112. The van der Waals surface area contributed by atoms with Crippen molar-refractivity contribution in [2.75, 3.05) is 0 Å². The number of hydrogen-bond donors (Lipinski definition) is 0. The van der Waals surface area contributed by atoms with Crippen molar-refractivity contribution in [3.05, 3.63) is 58.9 Å². The van der Waals surface area contributed by atoms with Crippen molar-refractivity contribution < 1.29 is 13.9 Å². The molecule has 0 amide bonds. The normalized spacial score (nSPS) is 10.0. The molecule has 0 N–H and O–H groups in total. The number of carbonyl (C=O) groups is 1. The Morgan fingerprint density at radius 1 is 1.12 bits per heavy atom. The second kappa shape index (κ2) is 4.97. The molecule has 0 aliphatic rings. The standard InChI is InChI=1S/C13H8ClFO2/c14-11-2-1-3-12(13(11)15)17-10-6-4-9(8-16)5-7-10/h1-8H. The molecule has 0 bridgehead atoms. The van der Waals surface area contributed by atoms with Gasteiger partial charge in [0.1, 0.15) is 12.0 Å². The highest BCUT2D eigenvalue weighted by Crippen LogP contribution is 2.28. The topological polar surface area (TPSA) is 26.3 Å². The fourth-order valence-electron chi connectivity index (χ4n) is 1.30. The molecule has 0 aliphatic carbocycles. The Labute approximate surface area is 103 Å². The van der Waals surface area contributed by atoms with E-state index >= 15 is 0 Å². The molecule has 86 valence electrons. The quantitative estimate of drug-likeness (QED) is 0.767. The van der Waals surface area contributed by atoms with Crippen molar-refractivity contribution in [3.8, 4) is 11.5 Å². The van der Waals surface area contributed by atoms with E-state index in [0.717, 1.165) is 6.29 Å². The van der Waals surface area contributed by atoms with Gasteiger partial charge in [0, 0.05) is 5.56 Å². The maximum atomic E-state index is 13.5. The Bertz CT molecular complexity index is 538. The van der Waals surface area contributed by atoms with Gasteiger partial charge in [0.05, 0.1) is 5.02 Å². The molecule has 0 heterocycles. The second-order valence-electron chi connectivity index (χ2n) is 3.34. The highest BCUT2D eigenvalue weighted by atomic mass is 35.5. The van der Waals surface area contributed by atoms with Gasteiger partial charge in [-0.3, -0.25) is 4.79 Å². The number of ether oxygens (including phenoxy) is 1. The predicted molar refractivity (Wildman–Crippen MR) is 63.3 cm³/mol. The number of benzene rings is 2. The fourth-order valence-corrected chi connectivity index (χ4v) is 1.47. The summed E-state index contributed by atoms with van der Waals surface area (Å²) in [5.74, 6) is -0.109. The van der Waals surface area contributed by atoms with E-state index in [-0.39, 0.29) is 10.8 Å². The minimum atomic E-state index is -0.603. The molecule has 0 spiro atoms. The lowest BCUT2D eigenvalue weighted by Crippen LogP contribution is -1.89. The summed E-state index contributed by atoms with van der Waals surface area (Å²) in [6, 6.07) is 10.9. The minimum absolute atomic E-state index is 0.00649. The highest BCUT2D eigenvalue weighted by Gasteiger charge is 2.08. The molecular weight excluding hydrogens is 243 g/mol. The Balaban J connectivity index is 2.25. The van der Waals surface area contributed by atoms with Gasteiger partial charge in [0.15, 0.2) is 11.6 Å². The summed E-state index contributed by atoms with van der Waals surface area (Å²) in [6.07, 6.45) is 0.726. The van der Waals surface area contributed by atoms with Gasteiger partial charge < -0.3 is 4.74 Å². The summed E-state index contributed by atoms with van der Waals surface area (Å²) in [7, 11) is 0. The lowest BCUT2D eigenvalue weighted by atomic mass is 10.2. The average molecular weight is 251 g/mol. The molecule has 4 heteroatoms. The number of carbonyl (C=O) groups excluding carboxylic acids is 1. The molecule has 2 rings (SSSR count). The van der Waals surface area contributed by atoms with Crippen molar-refractivity contribution in [1.29, 1.82) is 0 Å². The van der Waals surface area contributed by atoms with Gasteiger partial charge in [-0.15, -0.1) is 0 Å². The second-order valence-corrected chi connectivity index (χ2v) is 3.75. The monoisotopic (exact) mass is 250 g/mol. The molecule has 0 aromatic heterocycles. The summed E-state index contributed by atoms with van der Waals surface area (Å²) >= 11 is 5.63. The van der Waals surface area contributed by atoms with Gasteiger partial charge >= 0.3 is 0 Å². The van der Waals surface area contributed by atoms with E-state index in [0.29, 0.717) is 11.3 Å². The van der Waals surface area contributed by atoms with Crippen molar-refractivity contribution >= 4 is 17.9 Å². The SMILES string of the molecule is O=Cc1ccc(Oc2cccc(Cl)c2F)cc1. The first-order valence-corrected chi connectivity index (χ1v) is 5.25. The Hall–Kier alpha value is -1.87. The summed E-state index contributed by atoms with van der Waals surface area (Å²) < 4.78 is 18.8. The van der Waals surface area contributed by atoms with E-state index in [2.05, 4.69) is 0 Å². The number of rotatable bonds is 3. The van der Waals surface area contributed by atoms with Gasteiger partial charge in [0.25, 0.3) is 0 Å². The molecule has 0 saturated carbocycles. The van der Waals surface area contributed by atoms with Crippen LogP contribution in [0.3, 0.4) is 0 Å². The van der Waals surface area contributed by atoms with Crippen LogP contribution in [0.5, 0.6) is 11.5 Å². The summed E-state index contributed by atoms with van der Waals surface area (Å²) in [5.41, 5.74) is 0.531. The van der Waals surface area contributed by atoms with Crippen molar-refractivity contribution in [2.24, 2.45) is 0 Å². The van der Waals surface area contributed by atoms with Crippen LogP contribution in [0.1, 0.15) is 10.4 Å². The van der Waals surface area contributed by atoms with Crippen LogP contribution in [0.25, 0.3) is 0 Å². The molecule has 17 heavy (non-hydrogen) atoms. The van der Waals surface area contributed by atoms with Crippen molar-refractivity contribution in [1.82, 2.24) is 0 Å². The lowest BCUT2D eigenvalue weighted by Gasteiger charge is -2.07. The minimum Gasteiger partial charge on any atom is -0.454 e. The van der Waals surface area contributed by atoms with E-state index in [1.54, 1.807) is 30.3 Å². The zero-order valence-electron chi connectivity index (χ0n) is 8.69. The van der Waals surface area contributed by atoms with Crippen LogP contribution < -0.4 is 4.74 Å². The molecule has 0 saturated heterocycles. The maximum Gasteiger partial charge on any atom is 0.184 e. The molecule has 2 nitrogen and oxygen atoms in total. The average Bonchev–Trinajstić information content (AvgIpc) is 2.36. The van der Waals surface area contributed by atoms with E-state index in [4.69, 9.17) is 16.3 Å². The fraction of sp³-hybridized carbons (Fsp3) is 0. The van der Waals surface area contributed by atoms with Crippen LogP contribution in [-0.4, -0.2) is 6.29 Å². The predicted octanol–water partition coefficient (Wildman–Crippen LogP) is 4.08. The first kappa shape index (κ1) is 11.6. The zero-order chi connectivity index (χ0) is 12.3. The van der Waals surface area contributed by atoms with Crippen molar-refractivity contribution in [2.45, 2.75) is 0 Å². The Morgan fingerprint density at radius 2 is 1.82 bits per heavy atom. The Morgan fingerprint density at radius 3 is 2.47 bits per heavy atom. The van der Waals surface area contributed by atoms with E-state index in [1.165, 1.54) is 12.1 Å². The number of hydrogen-bond acceptors (Lipinski definition) is 2. The van der Waals surface area contributed by atoms with Crippen LogP contribution in [0.4, 0.5) is 4.39 Å². The third kappa shape index (κ3) is 2.63. The third-order valence-corrected chi connectivity index (χ3v) is 2.45. The maximum absolute atomic E-state index is 13.5. The number of halogens is 2. The van der Waals surface area contributed by atoms with Gasteiger partial charge in [0.2, 0.25) is 0 Å². The van der Waals surface area contributed by atoms with Crippen LogP contribution in [-0.2, 0) is 0 Å². The van der Waals surface area contributed by atoms with Crippen LogP contribution in [0.15, 0.2) is 42.5 Å². The van der Waals surface area contributed by atoms with Crippen molar-refractivity contribution in [3.63, 3.8) is 0 Å². The molecule has 2 aromatic rings. The third-order valence-electron chi connectivity index (χ3n) is 2.16. The Kier molecular flexibility index (Phi) is 3.40. The molecule has 0 unspecified atom stereocenters. The zero-order valence-corrected chi connectivity index (χ0v) is 9.45. The molecule has 0 fully saturated rings. The molecule has 2 aromatic carbocycles. The van der Waals surface area contributed by atoms with E-state index < -0.39 is 5.82 Å². The van der Waals surface area contributed by atoms with Crippen LogP contribution in [0.2, 0.25) is 5.02 Å². The smallest absolute Gasteiger partial charge is 0.184 e.